The molecule has 4 rings (SSSR count). The topological polar surface area (TPSA) is 68.6 Å². The van der Waals surface area contributed by atoms with E-state index in [4.69, 9.17) is 4.74 Å². The highest BCUT2D eigenvalue weighted by molar-refractivity contribution is 5.94. The van der Waals surface area contributed by atoms with Crippen molar-refractivity contribution in [2.24, 2.45) is 0 Å². The van der Waals surface area contributed by atoms with E-state index >= 15 is 0 Å². The lowest BCUT2D eigenvalue weighted by molar-refractivity contribution is -0.152. The Morgan fingerprint density at radius 2 is 1.47 bits per heavy atom. The number of carbonyl (C=O) groups is 2. The highest BCUT2D eigenvalue weighted by atomic mass is 19.1. The molecule has 0 unspecified atom stereocenters. The van der Waals surface area contributed by atoms with Gasteiger partial charge in [0, 0.05) is 24.4 Å². The van der Waals surface area contributed by atoms with Gasteiger partial charge in [0.2, 0.25) is 0 Å². The Hall–Kier alpha value is -4.00. The molecule has 1 aromatic heterocycles. The Morgan fingerprint density at radius 3 is 2.06 bits per heavy atom. The highest BCUT2D eigenvalue weighted by Crippen LogP contribution is 2.19. The van der Waals surface area contributed by atoms with Crippen molar-refractivity contribution in [3.8, 4) is 0 Å². The van der Waals surface area contributed by atoms with E-state index in [1.54, 1.807) is 72.3 Å². The molecule has 0 saturated heterocycles. The molecule has 7 heteroatoms. The molecule has 1 amide bonds. The third-order valence-electron chi connectivity index (χ3n) is 5.28. The number of nitrogens with zero attached hydrogens (tertiary/aromatic N) is 2. The van der Waals surface area contributed by atoms with Gasteiger partial charge < -0.3 is 14.2 Å². The van der Waals surface area contributed by atoms with Crippen LogP contribution in [0.15, 0.2) is 77.6 Å². The summed E-state index contributed by atoms with van der Waals surface area (Å²) in [5.74, 6) is -1.32. The average molecular weight is 432 g/mol. The number of carbonyl (C=O) groups excluding carboxylic acids is 2. The Balaban J connectivity index is 1.48. The molecular formula is C25H21FN2O4. The SMILES string of the molecule is CN(Cc1ccc(F)cc1)C(=O)COC(=O)Cn1c2ccccc2c(=O)c2ccccc21. The summed E-state index contributed by atoms with van der Waals surface area (Å²) >= 11 is 0. The second-order valence-electron chi connectivity index (χ2n) is 7.49. The van der Waals surface area contributed by atoms with E-state index < -0.39 is 12.6 Å². The molecule has 162 valence electrons. The number of benzene rings is 3. The molecule has 0 aliphatic rings. The molecule has 0 atom stereocenters. The number of halogens is 1. The van der Waals surface area contributed by atoms with Gasteiger partial charge in [0.25, 0.3) is 5.91 Å². The number of likely N-dealkylation sites (N-methyl/N-ethyl adjacent to an activating group) is 1. The molecule has 0 bridgehead atoms. The number of amides is 1. The molecule has 32 heavy (non-hydrogen) atoms. The van der Waals surface area contributed by atoms with Crippen LogP contribution in [0.3, 0.4) is 0 Å². The Kier molecular flexibility index (Phi) is 5.98. The van der Waals surface area contributed by atoms with Crippen LogP contribution >= 0.6 is 0 Å². The van der Waals surface area contributed by atoms with Crippen LogP contribution < -0.4 is 5.43 Å². The maximum Gasteiger partial charge on any atom is 0.326 e. The maximum absolute atomic E-state index is 13.0. The maximum atomic E-state index is 13.0. The van der Waals surface area contributed by atoms with Crippen LogP contribution in [0.5, 0.6) is 0 Å². The highest BCUT2D eigenvalue weighted by Gasteiger charge is 2.16. The van der Waals surface area contributed by atoms with E-state index in [-0.39, 0.29) is 30.2 Å². The molecule has 0 saturated carbocycles. The van der Waals surface area contributed by atoms with Gasteiger partial charge in [0.1, 0.15) is 12.4 Å². The molecule has 0 aliphatic carbocycles. The van der Waals surface area contributed by atoms with Crippen molar-refractivity contribution in [3.05, 3.63) is 94.4 Å². The van der Waals surface area contributed by atoms with Crippen LogP contribution in [-0.2, 0) is 27.4 Å². The van der Waals surface area contributed by atoms with Crippen molar-refractivity contribution in [1.29, 1.82) is 0 Å². The normalized spacial score (nSPS) is 10.9. The zero-order valence-corrected chi connectivity index (χ0v) is 17.5. The van der Waals surface area contributed by atoms with Gasteiger partial charge in [-0.15, -0.1) is 0 Å². The molecule has 1 heterocycles. The zero-order valence-electron chi connectivity index (χ0n) is 17.5. The molecule has 0 spiro atoms. The molecular weight excluding hydrogens is 411 g/mol. The third-order valence-corrected chi connectivity index (χ3v) is 5.28. The van der Waals surface area contributed by atoms with E-state index in [0.29, 0.717) is 21.8 Å². The van der Waals surface area contributed by atoms with Crippen LogP contribution in [0.1, 0.15) is 5.56 Å². The fourth-order valence-corrected chi connectivity index (χ4v) is 3.63. The number of aromatic nitrogens is 1. The first-order chi connectivity index (χ1) is 15.4. The fourth-order valence-electron chi connectivity index (χ4n) is 3.63. The van der Waals surface area contributed by atoms with Crippen molar-refractivity contribution >= 4 is 33.7 Å². The van der Waals surface area contributed by atoms with E-state index in [1.165, 1.54) is 17.0 Å². The van der Waals surface area contributed by atoms with Gasteiger partial charge in [0.05, 0.1) is 11.0 Å². The first-order valence-corrected chi connectivity index (χ1v) is 10.1. The summed E-state index contributed by atoms with van der Waals surface area (Å²) < 4.78 is 20.0. The number of pyridine rings is 1. The Bertz CT molecular complexity index is 1300. The van der Waals surface area contributed by atoms with E-state index in [1.807, 2.05) is 0 Å². The van der Waals surface area contributed by atoms with Crippen LogP contribution in [0.4, 0.5) is 4.39 Å². The van der Waals surface area contributed by atoms with Crippen molar-refractivity contribution in [2.45, 2.75) is 13.1 Å². The summed E-state index contributed by atoms with van der Waals surface area (Å²) in [7, 11) is 1.59. The minimum absolute atomic E-state index is 0.0987. The third kappa shape index (κ3) is 4.37. The van der Waals surface area contributed by atoms with Gasteiger partial charge in [0.15, 0.2) is 12.0 Å². The summed E-state index contributed by atoms with van der Waals surface area (Å²) in [6.07, 6.45) is 0. The first kappa shape index (κ1) is 21.2. The number of hydrogen-bond donors (Lipinski definition) is 0. The lowest BCUT2D eigenvalue weighted by Gasteiger charge is -2.18. The molecule has 0 fully saturated rings. The molecule has 6 nitrogen and oxygen atoms in total. The lowest BCUT2D eigenvalue weighted by Crippen LogP contribution is -2.31. The molecule has 0 radical (unpaired) electrons. The van der Waals surface area contributed by atoms with Gasteiger partial charge in [-0.05, 0) is 42.0 Å². The van der Waals surface area contributed by atoms with Crippen molar-refractivity contribution < 1.29 is 18.7 Å². The number of fused-ring (bicyclic) bond motifs is 2. The number of hydrogen-bond acceptors (Lipinski definition) is 4. The standard InChI is InChI=1S/C25H21FN2O4/c1-27(14-17-10-12-18(26)13-11-17)23(29)16-32-24(30)15-28-21-8-4-2-6-19(21)25(31)20-7-3-5-9-22(20)28/h2-13H,14-16H2,1H3. The number of ether oxygens (including phenoxy) is 1. The van der Waals surface area contributed by atoms with E-state index in [0.717, 1.165) is 5.56 Å². The van der Waals surface area contributed by atoms with Crippen molar-refractivity contribution in [2.75, 3.05) is 13.7 Å². The van der Waals surface area contributed by atoms with Gasteiger partial charge >= 0.3 is 5.97 Å². The Labute approximate surface area is 183 Å². The smallest absolute Gasteiger partial charge is 0.326 e. The van der Waals surface area contributed by atoms with Gasteiger partial charge in [-0.3, -0.25) is 14.4 Å². The molecule has 3 aromatic carbocycles. The summed E-state index contributed by atoms with van der Waals surface area (Å²) in [6.45, 7) is -0.283. The summed E-state index contributed by atoms with van der Waals surface area (Å²) in [6, 6.07) is 20.0. The van der Waals surface area contributed by atoms with Gasteiger partial charge in [-0.2, -0.15) is 0 Å². The van der Waals surface area contributed by atoms with Gasteiger partial charge in [-0.1, -0.05) is 36.4 Å². The van der Waals surface area contributed by atoms with E-state index in [9.17, 15) is 18.8 Å². The summed E-state index contributed by atoms with van der Waals surface area (Å²) in [5, 5.41) is 1.02. The molecule has 0 aliphatic heterocycles. The molecule has 0 N–H and O–H groups in total. The lowest BCUT2D eigenvalue weighted by atomic mass is 10.1. The Morgan fingerprint density at radius 1 is 0.906 bits per heavy atom. The monoisotopic (exact) mass is 432 g/mol. The first-order valence-electron chi connectivity index (χ1n) is 10.1. The average Bonchev–Trinajstić information content (AvgIpc) is 2.81. The van der Waals surface area contributed by atoms with Crippen LogP contribution in [0.2, 0.25) is 0 Å². The quantitative estimate of drug-likeness (QED) is 0.346. The molecule has 4 aromatic rings. The second kappa shape index (κ2) is 9.01. The van der Waals surface area contributed by atoms with Crippen molar-refractivity contribution in [3.63, 3.8) is 0 Å². The predicted molar refractivity (Wildman–Crippen MR) is 120 cm³/mol. The number of para-hydroxylation sites is 2. The van der Waals surface area contributed by atoms with Crippen LogP contribution in [0, 0.1) is 5.82 Å². The second-order valence-corrected chi connectivity index (χ2v) is 7.49. The van der Waals surface area contributed by atoms with Crippen LogP contribution in [0.25, 0.3) is 21.8 Å². The minimum Gasteiger partial charge on any atom is -0.454 e. The minimum atomic E-state index is -0.590. The van der Waals surface area contributed by atoms with Crippen LogP contribution in [-0.4, -0.2) is 35.0 Å². The predicted octanol–water partition coefficient (Wildman–Crippen LogP) is 3.50. The summed E-state index contributed by atoms with van der Waals surface area (Å²) in [4.78, 5) is 39.1. The van der Waals surface area contributed by atoms with E-state index in [2.05, 4.69) is 0 Å². The summed E-state index contributed by atoms with van der Waals surface area (Å²) in [5.41, 5.74) is 1.90. The largest absolute Gasteiger partial charge is 0.454 e. The zero-order chi connectivity index (χ0) is 22.7. The fraction of sp³-hybridized carbons (Fsp3) is 0.160. The van der Waals surface area contributed by atoms with Crippen molar-refractivity contribution in [1.82, 2.24) is 9.47 Å². The number of rotatable bonds is 6. The van der Waals surface area contributed by atoms with Gasteiger partial charge in [-0.25, -0.2) is 4.39 Å². The number of esters is 1.